The number of thiophene rings is 1. The van der Waals surface area contributed by atoms with Gasteiger partial charge in [-0.3, -0.25) is 9.59 Å². The molecular weight excluding hydrogens is 353 g/mol. The van der Waals surface area contributed by atoms with Crippen molar-refractivity contribution in [2.24, 2.45) is 0 Å². The van der Waals surface area contributed by atoms with Crippen LogP contribution in [-0.4, -0.2) is 35.8 Å². The van der Waals surface area contributed by atoms with Gasteiger partial charge < -0.3 is 10.2 Å². The summed E-state index contributed by atoms with van der Waals surface area (Å²) in [6, 6.07) is 5.11. The Labute approximate surface area is 146 Å². The number of nitrogens with zero attached hydrogens (tertiary/aromatic N) is 1. The van der Waals surface area contributed by atoms with E-state index in [-0.39, 0.29) is 11.9 Å². The number of carbonyl (C=O) groups is 2. The molecule has 3 rings (SSSR count). The largest absolute Gasteiger partial charge is 0.348 e. The Morgan fingerprint density at radius 1 is 1.08 bits per heavy atom. The Kier molecular flexibility index (Phi) is 5.08. The molecule has 1 aromatic heterocycles. The lowest BCUT2D eigenvalue weighted by atomic mass is 10.0. The molecule has 132 valence electrons. The minimum absolute atomic E-state index is 0.0894. The third-order valence-corrected chi connectivity index (χ3v) is 5.00. The number of nitrogens with one attached hydrogen (secondary N) is 1. The second-order valence-electron chi connectivity index (χ2n) is 5.74. The number of benzene rings is 1. The summed E-state index contributed by atoms with van der Waals surface area (Å²) in [6.07, 6.45) is 1.02. The van der Waals surface area contributed by atoms with Gasteiger partial charge in [-0.25, -0.2) is 13.2 Å². The van der Waals surface area contributed by atoms with Crippen LogP contribution < -0.4 is 5.32 Å². The molecule has 0 aliphatic carbocycles. The molecule has 1 aliphatic rings. The first kappa shape index (κ1) is 17.5. The summed E-state index contributed by atoms with van der Waals surface area (Å²) in [5, 5.41) is 4.71. The van der Waals surface area contributed by atoms with Crippen molar-refractivity contribution in [3.05, 3.63) is 57.5 Å². The van der Waals surface area contributed by atoms with Gasteiger partial charge >= 0.3 is 0 Å². The smallest absolute Gasteiger partial charge is 0.261 e. The van der Waals surface area contributed by atoms with Crippen LogP contribution in [0.15, 0.2) is 29.6 Å². The third kappa shape index (κ3) is 3.68. The predicted octanol–water partition coefficient (Wildman–Crippen LogP) is 3.20. The average molecular weight is 368 g/mol. The van der Waals surface area contributed by atoms with Crippen LogP contribution in [0.25, 0.3) is 0 Å². The van der Waals surface area contributed by atoms with Crippen molar-refractivity contribution in [3.63, 3.8) is 0 Å². The van der Waals surface area contributed by atoms with Gasteiger partial charge in [0.25, 0.3) is 11.8 Å². The molecular formula is C17H15F3N2O2S. The van der Waals surface area contributed by atoms with Crippen molar-refractivity contribution in [2.75, 3.05) is 13.1 Å². The molecule has 0 atom stereocenters. The summed E-state index contributed by atoms with van der Waals surface area (Å²) in [4.78, 5) is 26.3. The van der Waals surface area contributed by atoms with E-state index in [4.69, 9.17) is 0 Å². The zero-order valence-corrected chi connectivity index (χ0v) is 13.9. The molecule has 0 unspecified atom stereocenters. The normalized spacial score (nSPS) is 15.2. The van der Waals surface area contributed by atoms with E-state index in [1.54, 1.807) is 12.1 Å². The molecule has 2 heterocycles. The molecule has 1 aromatic carbocycles. The van der Waals surface area contributed by atoms with Gasteiger partial charge in [0.2, 0.25) is 0 Å². The topological polar surface area (TPSA) is 49.4 Å². The van der Waals surface area contributed by atoms with Crippen molar-refractivity contribution in [3.8, 4) is 0 Å². The van der Waals surface area contributed by atoms with Gasteiger partial charge in [0, 0.05) is 19.1 Å². The lowest BCUT2D eigenvalue weighted by Gasteiger charge is -2.32. The fourth-order valence-electron chi connectivity index (χ4n) is 2.75. The number of hydrogen-bond acceptors (Lipinski definition) is 3. The maximum Gasteiger partial charge on any atom is 0.261 e. The number of halogens is 3. The van der Waals surface area contributed by atoms with Crippen LogP contribution in [0.1, 0.15) is 32.9 Å². The van der Waals surface area contributed by atoms with Crippen LogP contribution in [0.2, 0.25) is 0 Å². The van der Waals surface area contributed by atoms with Gasteiger partial charge in [-0.15, -0.1) is 11.3 Å². The van der Waals surface area contributed by atoms with Crippen LogP contribution in [-0.2, 0) is 0 Å². The first-order valence-corrected chi connectivity index (χ1v) is 8.62. The highest BCUT2D eigenvalue weighted by molar-refractivity contribution is 7.12. The first-order chi connectivity index (χ1) is 12.0. The third-order valence-electron chi connectivity index (χ3n) is 4.13. The molecule has 0 spiro atoms. The van der Waals surface area contributed by atoms with Crippen LogP contribution in [0, 0.1) is 17.5 Å². The molecule has 2 amide bonds. The maximum absolute atomic E-state index is 13.8. The number of amides is 2. The highest BCUT2D eigenvalue weighted by Crippen LogP contribution is 2.20. The molecule has 8 heteroatoms. The van der Waals surface area contributed by atoms with Gasteiger partial charge in [-0.1, -0.05) is 6.07 Å². The van der Waals surface area contributed by atoms with Crippen LogP contribution in [0.5, 0.6) is 0 Å². The molecule has 1 fully saturated rings. The van der Waals surface area contributed by atoms with Crippen LogP contribution >= 0.6 is 11.3 Å². The SMILES string of the molecule is O=C(NC1CCN(C(=O)c2ccc(F)c(F)c2F)CC1)c1cccs1. The first-order valence-electron chi connectivity index (χ1n) is 7.74. The van der Waals surface area contributed by atoms with E-state index < -0.39 is 28.9 Å². The van der Waals surface area contributed by atoms with E-state index in [2.05, 4.69) is 5.32 Å². The monoisotopic (exact) mass is 368 g/mol. The van der Waals surface area contributed by atoms with Crippen molar-refractivity contribution < 1.29 is 22.8 Å². The zero-order chi connectivity index (χ0) is 18.0. The molecule has 1 N–H and O–H groups in total. The van der Waals surface area contributed by atoms with Crippen molar-refractivity contribution in [1.82, 2.24) is 10.2 Å². The fourth-order valence-corrected chi connectivity index (χ4v) is 3.38. The van der Waals surface area contributed by atoms with Gasteiger partial charge in [0.05, 0.1) is 10.4 Å². The van der Waals surface area contributed by atoms with Gasteiger partial charge in [-0.2, -0.15) is 0 Å². The maximum atomic E-state index is 13.8. The van der Waals surface area contributed by atoms with Gasteiger partial charge in [0.1, 0.15) is 0 Å². The second kappa shape index (κ2) is 7.26. The Balaban J connectivity index is 1.60. The minimum atomic E-state index is -1.65. The van der Waals surface area contributed by atoms with Crippen molar-refractivity contribution >= 4 is 23.2 Å². The highest BCUT2D eigenvalue weighted by Gasteiger charge is 2.28. The van der Waals surface area contributed by atoms with E-state index in [0.29, 0.717) is 30.8 Å². The summed E-state index contributed by atoms with van der Waals surface area (Å²) in [7, 11) is 0. The summed E-state index contributed by atoms with van der Waals surface area (Å²) in [5.41, 5.74) is -0.486. The van der Waals surface area contributed by atoms with E-state index in [1.165, 1.54) is 16.2 Å². The molecule has 1 aliphatic heterocycles. The minimum Gasteiger partial charge on any atom is -0.348 e. The summed E-state index contributed by atoms with van der Waals surface area (Å²) in [5.74, 6) is -5.29. The highest BCUT2D eigenvalue weighted by atomic mass is 32.1. The van der Waals surface area contributed by atoms with Crippen molar-refractivity contribution in [1.29, 1.82) is 0 Å². The standard InChI is InChI=1S/C17H15F3N2O2S/c18-12-4-3-11(14(19)15(12)20)17(24)22-7-5-10(6-8-22)21-16(23)13-2-1-9-25-13/h1-4,9-10H,5-8H2,(H,21,23). The summed E-state index contributed by atoms with van der Waals surface area (Å²) in [6.45, 7) is 0.597. The van der Waals surface area contributed by atoms with Gasteiger partial charge in [0.15, 0.2) is 17.5 Å². The number of hydrogen-bond donors (Lipinski definition) is 1. The molecule has 0 radical (unpaired) electrons. The summed E-state index contributed by atoms with van der Waals surface area (Å²) < 4.78 is 40.0. The second-order valence-corrected chi connectivity index (χ2v) is 6.69. The van der Waals surface area contributed by atoms with Crippen molar-refractivity contribution in [2.45, 2.75) is 18.9 Å². The molecule has 0 saturated carbocycles. The number of likely N-dealkylation sites (tertiary alicyclic amines) is 1. The van der Waals surface area contributed by atoms with E-state index >= 15 is 0 Å². The van der Waals surface area contributed by atoms with E-state index in [1.807, 2.05) is 5.38 Å². The van der Waals surface area contributed by atoms with E-state index in [9.17, 15) is 22.8 Å². The Hall–Kier alpha value is -2.35. The predicted molar refractivity (Wildman–Crippen MR) is 87.0 cm³/mol. The number of carbonyl (C=O) groups excluding carboxylic acids is 2. The number of piperidine rings is 1. The van der Waals surface area contributed by atoms with Crippen LogP contribution in [0.3, 0.4) is 0 Å². The Bertz CT molecular complexity index is 787. The van der Waals surface area contributed by atoms with Crippen LogP contribution in [0.4, 0.5) is 13.2 Å². The Morgan fingerprint density at radius 2 is 1.80 bits per heavy atom. The quantitative estimate of drug-likeness (QED) is 0.846. The molecule has 2 aromatic rings. The lowest BCUT2D eigenvalue weighted by molar-refractivity contribution is 0.0692. The van der Waals surface area contributed by atoms with E-state index in [0.717, 1.165) is 12.1 Å². The fraction of sp³-hybridized carbons (Fsp3) is 0.294. The molecule has 25 heavy (non-hydrogen) atoms. The molecule has 1 saturated heterocycles. The zero-order valence-electron chi connectivity index (χ0n) is 13.1. The molecule has 4 nitrogen and oxygen atoms in total. The van der Waals surface area contributed by atoms with Gasteiger partial charge in [-0.05, 0) is 36.4 Å². The average Bonchev–Trinajstić information content (AvgIpc) is 3.15. The summed E-state index contributed by atoms with van der Waals surface area (Å²) >= 11 is 1.34. The Morgan fingerprint density at radius 3 is 2.44 bits per heavy atom. The molecule has 0 bridgehead atoms. The lowest BCUT2D eigenvalue weighted by Crippen LogP contribution is -2.46. The number of rotatable bonds is 3.